The van der Waals surface area contributed by atoms with Gasteiger partial charge in [0.15, 0.2) is 5.82 Å². The smallest absolute Gasteiger partial charge is 0.253 e. The highest BCUT2D eigenvalue weighted by Gasteiger charge is 2.35. The lowest BCUT2D eigenvalue weighted by Crippen LogP contribution is -2.28. The number of hydrogen-bond donors (Lipinski definition) is 1. The average molecular weight is 478 g/mol. The van der Waals surface area contributed by atoms with Gasteiger partial charge in [0, 0.05) is 6.42 Å². The largest absolute Gasteiger partial charge is 0.497 e. The number of thioether (sulfide) groups is 1. The number of methoxy groups -OCH3 is 1. The molecule has 1 amide bonds. The van der Waals surface area contributed by atoms with Crippen molar-refractivity contribution in [3.63, 3.8) is 0 Å². The first-order valence-electron chi connectivity index (χ1n) is 10.5. The maximum Gasteiger partial charge on any atom is 0.253 e. The van der Waals surface area contributed by atoms with Gasteiger partial charge in [0.05, 0.1) is 30.4 Å². The molecule has 0 saturated carbocycles. The number of nitrogens with zero attached hydrogens (tertiary/aromatic N) is 4. The predicted octanol–water partition coefficient (Wildman–Crippen LogP) is 4.68. The third-order valence-electron chi connectivity index (χ3n) is 5.38. The van der Waals surface area contributed by atoms with Gasteiger partial charge in [-0.05, 0) is 54.1 Å². The van der Waals surface area contributed by atoms with Crippen LogP contribution < -0.4 is 4.74 Å². The van der Waals surface area contributed by atoms with Gasteiger partial charge < -0.3 is 9.15 Å². The topological polar surface area (TPSA) is 96.6 Å². The van der Waals surface area contributed by atoms with Gasteiger partial charge in [0.2, 0.25) is 5.16 Å². The summed E-state index contributed by atoms with van der Waals surface area (Å²) >= 11 is 1.15. The number of benzene rings is 2. The molecule has 1 atom stereocenters. The summed E-state index contributed by atoms with van der Waals surface area (Å²) in [7, 11) is 1.61. The van der Waals surface area contributed by atoms with Crippen molar-refractivity contribution >= 4 is 23.4 Å². The standard InChI is InChI=1S/C24H20FN5O3S/c1-32-16-10-8-15(9-11-16)19-13-20(21-7-4-12-33-21)30(29-19)22(31)14-34-24-26-23(27-28-24)17-5-2-3-6-18(17)25/h2-12,20H,13-14H2,1H3,(H,26,27,28)/t20-/m1/s1. The summed E-state index contributed by atoms with van der Waals surface area (Å²) in [5.41, 5.74) is 2.00. The second-order valence-electron chi connectivity index (χ2n) is 7.48. The third-order valence-corrected chi connectivity index (χ3v) is 6.21. The minimum Gasteiger partial charge on any atom is -0.497 e. The molecule has 3 heterocycles. The Bertz CT molecular complexity index is 1320. The van der Waals surface area contributed by atoms with Gasteiger partial charge in [0.1, 0.15) is 23.4 Å². The lowest BCUT2D eigenvalue weighted by molar-refractivity contribution is -0.130. The number of aromatic amines is 1. The fraction of sp³-hybridized carbons (Fsp3) is 0.167. The van der Waals surface area contributed by atoms with E-state index in [1.54, 1.807) is 37.6 Å². The fourth-order valence-corrected chi connectivity index (χ4v) is 4.33. The molecule has 0 saturated heterocycles. The zero-order valence-electron chi connectivity index (χ0n) is 18.1. The summed E-state index contributed by atoms with van der Waals surface area (Å²) in [4.78, 5) is 17.5. The van der Waals surface area contributed by atoms with Crippen LogP contribution in [-0.2, 0) is 4.79 Å². The fourth-order valence-electron chi connectivity index (χ4n) is 3.68. The quantitative estimate of drug-likeness (QED) is 0.388. The van der Waals surface area contributed by atoms with Crippen molar-refractivity contribution in [2.24, 2.45) is 5.10 Å². The summed E-state index contributed by atoms with van der Waals surface area (Å²) in [6, 6.07) is 17.1. The van der Waals surface area contributed by atoms with Gasteiger partial charge in [-0.15, -0.1) is 5.10 Å². The van der Waals surface area contributed by atoms with Crippen molar-refractivity contribution < 1.29 is 18.3 Å². The van der Waals surface area contributed by atoms with Crippen LogP contribution in [0.2, 0.25) is 0 Å². The van der Waals surface area contributed by atoms with Gasteiger partial charge in [-0.25, -0.2) is 14.4 Å². The molecule has 10 heteroatoms. The van der Waals surface area contributed by atoms with Crippen molar-refractivity contribution in [2.45, 2.75) is 17.6 Å². The first kappa shape index (κ1) is 21.9. The number of carbonyl (C=O) groups excluding carboxylic acids is 1. The number of nitrogens with one attached hydrogen (secondary N) is 1. The lowest BCUT2D eigenvalue weighted by atomic mass is 10.0. The van der Waals surface area contributed by atoms with Gasteiger partial charge >= 0.3 is 0 Å². The van der Waals surface area contributed by atoms with Crippen LogP contribution in [0, 0.1) is 5.82 Å². The number of hydrogen-bond acceptors (Lipinski definition) is 7. The Morgan fingerprint density at radius 3 is 2.76 bits per heavy atom. The maximum atomic E-state index is 14.0. The van der Waals surface area contributed by atoms with E-state index in [1.807, 2.05) is 30.3 Å². The number of rotatable bonds is 7. The first-order chi connectivity index (χ1) is 16.6. The molecule has 1 aliphatic rings. The molecule has 0 radical (unpaired) electrons. The van der Waals surface area contributed by atoms with Crippen LogP contribution in [0.3, 0.4) is 0 Å². The molecule has 0 aliphatic carbocycles. The third kappa shape index (κ3) is 4.44. The van der Waals surface area contributed by atoms with Crippen molar-refractivity contribution in [1.29, 1.82) is 0 Å². The van der Waals surface area contributed by atoms with E-state index < -0.39 is 5.82 Å². The zero-order chi connectivity index (χ0) is 23.5. The summed E-state index contributed by atoms with van der Waals surface area (Å²) < 4.78 is 24.8. The summed E-state index contributed by atoms with van der Waals surface area (Å²) in [6.07, 6.45) is 2.10. The Hall–Kier alpha value is -3.92. The molecule has 2 aromatic carbocycles. The van der Waals surface area contributed by atoms with Crippen LogP contribution in [0.15, 0.2) is 81.6 Å². The number of carbonyl (C=O) groups is 1. The van der Waals surface area contributed by atoms with E-state index in [2.05, 4.69) is 20.3 Å². The van der Waals surface area contributed by atoms with E-state index in [1.165, 1.54) is 11.1 Å². The highest BCUT2D eigenvalue weighted by molar-refractivity contribution is 7.99. The average Bonchev–Trinajstić information content (AvgIpc) is 3.63. The van der Waals surface area contributed by atoms with Crippen LogP contribution in [0.1, 0.15) is 23.8 Å². The van der Waals surface area contributed by atoms with E-state index in [-0.39, 0.29) is 17.7 Å². The molecule has 1 aliphatic heterocycles. The van der Waals surface area contributed by atoms with Gasteiger partial charge in [-0.3, -0.25) is 9.89 Å². The van der Waals surface area contributed by atoms with Crippen molar-refractivity contribution in [1.82, 2.24) is 20.2 Å². The number of ether oxygens (including phenoxy) is 1. The molecule has 2 aromatic heterocycles. The molecule has 5 rings (SSSR count). The van der Waals surface area contributed by atoms with Crippen molar-refractivity contribution in [3.8, 4) is 17.1 Å². The molecule has 0 unspecified atom stereocenters. The number of halogens is 1. The summed E-state index contributed by atoms with van der Waals surface area (Å²) in [6.45, 7) is 0. The van der Waals surface area contributed by atoms with Crippen LogP contribution in [0.5, 0.6) is 5.75 Å². The molecular weight excluding hydrogens is 457 g/mol. The number of amides is 1. The van der Waals surface area contributed by atoms with Crippen LogP contribution in [-0.4, -0.2) is 44.7 Å². The van der Waals surface area contributed by atoms with Crippen LogP contribution >= 0.6 is 11.8 Å². The number of furan rings is 1. The predicted molar refractivity (Wildman–Crippen MR) is 125 cm³/mol. The molecule has 8 nitrogen and oxygen atoms in total. The minimum absolute atomic E-state index is 0.0607. The molecular formula is C24H20FN5O3S. The van der Waals surface area contributed by atoms with E-state index in [0.717, 1.165) is 28.8 Å². The van der Waals surface area contributed by atoms with E-state index in [0.29, 0.717) is 28.7 Å². The monoisotopic (exact) mass is 477 g/mol. The Balaban J connectivity index is 1.32. The van der Waals surface area contributed by atoms with Crippen molar-refractivity contribution in [2.75, 3.05) is 12.9 Å². The highest BCUT2D eigenvalue weighted by Crippen LogP contribution is 2.34. The number of hydrazone groups is 1. The van der Waals surface area contributed by atoms with E-state index in [4.69, 9.17) is 9.15 Å². The zero-order valence-corrected chi connectivity index (χ0v) is 19.0. The molecule has 0 spiro atoms. The van der Waals surface area contributed by atoms with Crippen molar-refractivity contribution in [3.05, 3.63) is 84.1 Å². The number of H-pyrrole nitrogens is 1. The Labute approximate surface area is 198 Å². The van der Waals surface area contributed by atoms with Crippen LogP contribution in [0.25, 0.3) is 11.4 Å². The number of aromatic nitrogens is 3. The molecule has 0 fully saturated rings. The molecule has 1 N–H and O–H groups in total. The van der Waals surface area contributed by atoms with E-state index in [9.17, 15) is 9.18 Å². The highest BCUT2D eigenvalue weighted by atomic mass is 32.2. The second-order valence-corrected chi connectivity index (χ2v) is 8.43. The summed E-state index contributed by atoms with van der Waals surface area (Å²) in [5.74, 6) is 1.16. The Morgan fingerprint density at radius 2 is 2.03 bits per heavy atom. The van der Waals surface area contributed by atoms with Gasteiger partial charge in [-0.1, -0.05) is 23.9 Å². The second kappa shape index (κ2) is 9.52. The Kier molecular flexibility index (Phi) is 6.13. The lowest BCUT2D eigenvalue weighted by Gasteiger charge is -2.19. The SMILES string of the molecule is COc1ccc(C2=NN(C(=O)CSc3n[nH]c(-c4ccccc4F)n3)[C@@H](c3ccco3)C2)cc1. The molecule has 34 heavy (non-hydrogen) atoms. The minimum atomic E-state index is -0.398. The Morgan fingerprint density at radius 1 is 1.21 bits per heavy atom. The molecule has 4 aromatic rings. The van der Waals surface area contributed by atoms with Gasteiger partial charge in [-0.2, -0.15) is 5.10 Å². The maximum absolute atomic E-state index is 14.0. The van der Waals surface area contributed by atoms with E-state index >= 15 is 0 Å². The molecule has 0 bridgehead atoms. The van der Waals surface area contributed by atoms with Gasteiger partial charge in [0.25, 0.3) is 5.91 Å². The summed E-state index contributed by atoms with van der Waals surface area (Å²) in [5, 5.41) is 13.2. The normalized spacial score (nSPS) is 15.4. The molecule has 172 valence electrons. The van der Waals surface area contributed by atoms with Crippen LogP contribution in [0.4, 0.5) is 4.39 Å². The first-order valence-corrected chi connectivity index (χ1v) is 11.5.